The first-order valence-corrected chi connectivity index (χ1v) is 6.63. The van der Waals surface area contributed by atoms with Gasteiger partial charge < -0.3 is 9.84 Å². The molecule has 0 saturated carbocycles. The van der Waals surface area contributed by atoms with Gasteiger partial charge in [0.15, 0.2) is 0 Å². The zero-order chi connectivity index (χ0) is 13.9. The quantitative estimate of drug-likeness (QED) is 0.881. The molecule has 1 aromatic carbocycles. The molecule has 1 N–H and O–H groups in total. The van der Waals surface area contributed by atoms with Gasteiger partial charge in [0, 0.05) is 6.61 Å². The van der Waals surface area contributed by atoms with E-state index < -0.39 is 6.10 Å². The lowest BCUT2D eigenvalue weighted by Crippen LogP contribution is -2.35. The fourth-order valence-electron chi connectivity index (χ4n) is 2.35. The Bertz CT molecular complexity index is 370. The molecule has 0 aromatic heterocycles. The lowest BCUT2D eigenvalue weighted by Gasteiger charge is -2.34. The summed E-state index contributed by atoms with van der Waals surface area (Å²) in [6, 6.07) is 6.19. The molecule has 2 heteroatoms. The van der Waals surface area contributed by atoms with E-state index in [2.05, 4.69) is 40.7 Å². The molecule has 18 heavy (non-hydrogen) atoms. The van der Waals surface area contributed by atoms with E-state index in [1.165, 1.54) is 11.1 Å². The van der Waals surface area contributed by atoms with Gasteiger partial charge in [-0.15, -0.1) is 0 Å². The number of aliphatic hydroxyl groups is 1. The van der Waals surface area contributed by atoms with Crippen molar-refractivity contribution < 1.29 is 9.84 Å². The van der Waals surface area contributed by atoms with Crippen molar-refractivity contribution in [2.24, 2.45) is 5.41 Å². The zero-order valence-corrected chi connectivity index (χ0v) is 12.4. The Balaban J connectivity index is 3.05. The summed E-state index contributed by atoms with van der Waals surface area (Å²) in [7, 11) is 0. The summed E-state index contributed by atoms with van der Waals surface area (Å²) in [5, 5.41) is 10.6. The smallest absolute Gasteiger partial charge is 0.106 e. The minimum atomic E-state index is -0.580. The molecule has 0 fully saturated rings. The van der Waals surface area contributed by atoms with Gasteiger partial charge in [-0.05, 0) is 31.7 Å². The van der Waals surface area contributed by atoms with Crippen LogP contribution in [0.15, 0.2) is 18.2 Å². The molecule has 1 aromatic rings. The second-order valence-electron chi connectivity index (χ2n) is 6.11. The Kier molecular flexibility index (Phi) is 4.94. The van der Waals surface area contributed by atoms with Crippen LogP contribution in [0.2, 0.25) is 0 Å². The van der Waals surface area contributed by atoms with Gasteiger partial charge in [-0.3, -0.25) is 0 Å². The maximum Gasteiger partial charge on any atom is 0.106 e. The summed E-state index contributed by atoms with van der Waals surface area (Å²) in [5.74, 6) is 0. The van der Waals surface area contributed by atoms with Gasteiger partial charge in [-0.1, -0.05) is 50.1 Å². The molecule has 0 heterocycles. The van der Waals surface area contributed by atoms with Crippen molar-refractivity contribution in [1.82, 2.24) is 0 Å². The van der Waals surface area contributed by atoms with Crippen LogP contribution in [0, 0.1) is 19.3 Å². The normalized spacial score (nSPS) is 15.5. The first-order valence-electron chi connectivity index (χ1n) is 6.63. The van der Waals surface area contributed by atoms with Gasteiger partial charge in [0.2, 0.25) is 0 Å². The van der Waals surface area contributed by atoms with Crippen molar-refractivity contribution in [3.05, 3.63) is 34.9 Å². The molecular formula is C16H26O2. The second kappa shape index (κ2) is 5.85. The first kappa shape index (κ1) is 15.2. The fourth-order valence-corrected chi connectivity index (χ4v) is 2.35. The van der Waals surface area contributed by atoms with Crippen LogP contribution in [0.5, 0.6) is 0 Å². The lowest BCUT2D eigenvalue weighted by atomic mass is 9.83. The summed E-state index contributed by atoms with van der Waals surface area (Å²) in [6.07, 6.45) is -0.771. The van der Waals surface area contributed by atoms with Crippen molar-refractivity contribution >= 4 is 0 Å². The number of aryl methyl sites for hydroxylation is 2. The molecule has 102 valence electrons. The third-order valence-electron chi connectivity index (χ3n) is 3.07. The summed E-state index contributed by atoms with van der Waals surface area (Å²) in [4.78, 5) is 0. The highest BCUT2D eigenvalue weighted by Crippen LogP contribution is 2.33. The summed E-state index contributed by atoms with van der Waals surface area (Å²) in [5.41, 5.74) is 3.20. The minimum absolute atomic E-state index is 0.0902. The molecule has 1 rings (SSSR count). The van der Waals surface area contributed by atoms with Gasteiger partial charge in [-0.2, -0.15) is 0 Å². The van der Waals surface area contributed by atoms with Crippen molar-refractivity contribution in [1.29, 1.82) is 0 Å². The Morgan fingerprint density at radius 2 is 1.61 bits per heavy atom. The van der Waals surface area contributed by atoms with Crippen LogP contribution < -0.4 is 0 Å². The molecule has 0 saturated heterocycles. The van der Waals surface area contributed by atoms with E-state index >= 15 is 0 Å². The maximum atomic E-state index is 10.6. The molecule has 2 atom stereocenters. The summed E-state index contributed by atoms with van der Waals surface area (Å²) in [6.45, 7) is 13.0. The molecule has 0 aliphatic rings. The number of rotatable bonds is 4. The number of benzene rings is 1. The van der Waals surface area contributed by atoms with Gasteiger partial charge in [-0.25, -0.2) is 0 Å². The van der Waals surface area contributed by atoms with Gasteiger partial charge >= 0.3 is 0 Å². The molecule has 0 amide bonds. The average Bonchev–Trinajstić information content (AvgIpc) is 2.22. The number of hydrogen-bond acceptors (Lipinski definition) is 2. The fraction of sp³-hybridized carbons (Fsp3) is 0.625. The SMILES string of the molecule is CCOC(C(O)c1cc(C)cc(C)c1)C(C)(C)C. The third kappa shape index (κ3) is 3.82. The Morgan fingerprint density at radius 3 is 2.00 bits per heavy atom. The van der Waals surface area contributed by atoms with Crippen LogP contribution in [0.4, 0.5) is 0 Å². The van der Waals surface area contributed by atoms with E-state index in [1.54, 1.807) is 0 Å². The number of hydrogen-bond donors (Lipinski definition) is 1. The monoisotopic (exact) mass is 250 g/mol. The highest BCUT2D eigenvalue weighted by molar-refractivity contribution is 5.30. The van der Waals surface area contributed by atoms with Crippen LogP contribution in [-0.4, -0.2) is 17.8 Å². The highest BCUT2D eigenvalue weighted by atomic mass is 16.5. The van der Waals surface area contributed by atoms with E-state index in [0.29, 0.717) is 6.61 Å². The lowest BCUT2D eigenvalue weighted by molar-refractivity contribution is -0.0899. The Labute approximate surface area is 111 Å². The van der Waals surface area contributed by atoms with Crippen LogP contribution in [0.25, 0.3) is 0 Å². The third-order valence-corrected chi connectivity index (χ3v) is 3.07. The van der Waals surface area contributed by atoms with Crippen LogP contribution in [0.3, 0.4) is 0 Å². The van der Waals surface area contributed by atoms with E-state index in [9.17, 15) is 5.11 Å². The predicted molar refractivity (Wildman–Crippen MR) is 75.7 cm³/mol. The van der Waals surface area contributed by atoms with Crippen LogP contribution >= 0.6 is 0 Å². The summed E-state index contributed by atoms with van der Waals surface area (Å²) >= 11 is 0. The molecule has 2 nitrogen and oxygen atoms in total. The van der Waals surface area contributed by atoms with Crippen molar-refractivity contribution in [3.63, 3.8) is 0 Å². The van der Waals surface area contributed by atoms with Crippen LogP contribution in [-0.2, 0) is 4.74 Å². The van der Waals surface area contributed by atoms with Crippen molar-refractivity contribution in [3.8, 4) is 0 Å². The van der Waals surface area contributed by atoms with Crippen LogP contribution in [0.1, 0.15) is 50.5 Å². The molecule has 0 aliphatic carbocycles. The van der Waals surface area contributed by atoms with E-state index in [4.69, 9.17) is 4.74 Å². The molecule has 0 spiro atoms. The van der Waals surface area contributed by atoms with Gasteiger partial charge in [0.1, 0.15) is 6.10 Å². The summed E-state index contributed by atoms with van der Waals surface area (Å²) < 4.78 is 5.75. The molecule has 0 radical (unpaired) electrons. The molecule has 0 bridgehead atoms. The van der Waals surface area contributed by atoms with E-state index in [0.717, 1.165) is 5.56 Å². The van der Waals surface area contributed by atoms with Crippen molar-refractivity contribution in [2.45, 2.75) is 53.8 Å². The number of aliphatic hydroxyl groups excluding tert-OH is 1. The standard InChI is InChI=1S/C16H26O2/c1-7-18-15(16(4,5)6)14(17)13-9-11(2)8-12(3)10-13/h8-10,14-15,17H,7H2,1-6H3. The maximum absolute atomic E-state index is 10.6. The van der Waals surface area contributed by atoms with Gasteiger partial charge in [0.25, 0.3) is 0 Å². The van der Waals surface area contributed by atoms with E-state index in [1.807, 2.05) is 19.1 Å². The average molecular weight is 250 g/mol. The van der Waals surface area contributed by atoms with E-state index in [-0.39, 0.29) is 11.5 Å². The molecule has 2 unspecified atom stereocenters. The van der Waals surface area contributed by atoms with Gasteiger partial charge in [0.05, 0.1) is 6.10 Å². The van der Waals surface area contributed by atoms with Crippen molar-refractivity contribution in [2.75, 3.05) is 6.61 Å². The zero-order valence-electron chi connectivity index (χ0n) is 12.4. The largest absolute Gasteiger partial charge is 0.386 e. The highest BCUT2D eigenvalue weighted by Gasteiger charge is 2.32. The predicted octanol–water partition coefficient (Wildman–Crippen LogP) is 3.79. The molecule has 0 aliphatic heterocycles. The molecular weight excluding hydrogens is 224 g/mol. The number of ether oxygens (including phenoxy) is 1. The Morgan fingerprint density at radius 1 is 1.11 bits per heavy atom. The minimum Gasteiger partial charge on any atom is -0.386 e. The Hall–Kier alpha value is -0.860. The first-order chi connectivity index (χ1) is 8.25. The second-order valence-corrected chi connectivity index (χ2v) is 6.11. The topological polar surface area (TPSA) is 29.5 Å².